The number of benzene rings is 2. The topological polar surface area (TPSA) is 46.9 Å². The Morgan fingerprint density at radius 2 is 1.81 bits per heavy atom. The number of nitrogens with one attached hydrogen (secondary N) is 1. The molecule has 0 spiro atoms. The van der Waals surface area contributed by atoms with Crippen molar-refractivity contribution >= 4 is 5.91 Å². The number of imidazole rings is 1. The molecule has 1 aliphatic rings. The quantitative estimate of drug-likeness (QED) is 0.486. The van der Waals surface area contributed by atoms with Crippen LogP contribution < -0.4 is 5.32 Å². The minimum atomic E-state index is -0.585. The smallest absolute Gasteiger partial charge is 0.220 e. The molecule has 3 aromatic rings. The van der Waals surface area contributed by atoms with Gasteiger partial charge in [-0.3, -0.25) is 4.79 Å². The third-order valence-corrected chi connectivity index (χ3v) is 6.34. The predicted molar refractivity (Wildman–Crippen MR) is 121 cm³/mol. The molecule has 0 bridgehead atoms. The molecule has 1 unspecified atom stereocenters. The first-order valence-corrected chi connectivity index (χ1v) is 11.3. The van der Waals surface area contributed by atoms with E-state index in [0.29, 0.717) is 12.8 Å². The Morgan fingerprint density at radius 1 is 1.10 bits per heavy atom. The van der Waals surface area contributed by atoms with Gasteiger partial charge in [-0.15, -0.1) is 0 Å². The zero-order valence-corrected chi connectivity index (χ0v) is 18.3. The van der Waals surface area contributed by atoms with Crippen LogP contribution >= 0.6 is 0 Å². The summed E-state index contributed by atoms with van der Waals surface area (Å²) in [4.78, 5) is 17.5. The summed E-state index contributed by atoms with van der Waals surface area (Å²) in [5.41, 5.74) is 2.55. The fourth-order valence-electron chi connectivity index (χ4n) is 4.98. The first-order valence-electron chi connectivity index (χ1n) is 11.3. The maximum Gasteiger partial charge on any atom is 0.220 e. The van der Waals surface area contributed by atoms with Gasteiger partial charge in [-0.25, -0.2) is 9.37 Å². The average molecular weight is 420 g/mol. The molecule has 1 amide bonds. The molecule has 0 saturated heterocycles. The van der Waals surface area contributed by atoms with Gasteiger partial charge in [0, 0.05) is 30.4 Å². The summed E-state index contributed by atoms with van der Waals surface area (Å²) in [5, 5.41) is 3.24. The molecule has 162 valence electrons. The summed E-state index contributed by atoms with van der Waals surface area (Å²) in [5.74, 6) is 0.686. The summed E-state index contributed by atoms with van der Waals surface area (Å²) in [7, 11) is 0. The number of fused-ring (bicyclic) bond motifs is 3. The number of hydrogen-bond donors (Lipinski definition) is 1. The Labute approximate surface area is 183 Å². The van der Waals surface area contributed by atoms with Crippen LogP contribution in [0.1, 0.15) is 63.5 Å². The maximum atomic E-state index is 13.7. The van der Waals surface area contributed by atoms with Gasteiger partial charge < -0.3 is 9.88 Å². The highest BCUT2D eigenvalue weighted by atomic mass is 19.1. The van der Waals surface area contributed by atoms with Crippen molar-refractivity contribution in [2.75, 3.05) is 0 Å². The number of amides is 1. The molecule has 0 saturated carbocycles. The highest BCUT2D eigenvalue weighted by molar-refractivity contribution is 5.77. The highest BCUT2D eigenvalue weighted by Gasteiger charge is 2.44. The van der Waals surface area contributed by atoms with Crippen molar-refractivity contribution in [2.45, 2.75) is 64.0 Å². The number of hydrogen-bond acceptors (Lipinski definition) is 2. The van der Waals surface area contributed by atoms with Gasteiger partial charge in [0.05, 0.1) is 5.54 Å². The Kier molecular flexibility index (Phi) is 6.21. The molecule has 1 atom stereocenters. The van der Waals surface area contributed by atoms with Crippen LogP contribution in [0, 0.1) is 5.82 Å². The number of carbonyl (C=O) groups excluding carboxylic acids is 1. The normalized spacial score (nSPS) is 16.9. The molecule has 1 N–H and O–H groups in total. The van der Waals surface area contributed by atoms with Crippen molar-refractivity contribution in [1.29, 1.82) is 0 Å². The lowest BCUT2D eigenvalue weighted by atomic mass is 9.79. The Balaban J connectivity index is 1.69. The van der Waals surface area contributed by atoms with Gasteiger partial charge in [-0.05, 0) is 42.5 Å². The number of nitrogens with zero attached hydrogens (tertiary/aromatic N) is 2. The lowest BCUT2D eigenvalue weighted by Crippen LogP contribution is -2.38. The van der Waals surface area contributed by atoms with E-state index in [1.807, 2.05) is 30.5 Å². The molecule has 0 aliphatic carbocycles. The lowest BCUT2D eigenvalue weighted by Gasteiger charge is -2.34. The minimum absolute atomic E-state index is 0.0689. The van der Waals surface area contributed by atoms with Gasteiger partial charge in [0.15, 0.2) is 0 Å². The average Bonchev–Trinajstić information content (AvgIpc) is 3.35. The lowest BCUT2D eigenvalue weighted by molar-refractivity contribution is -0.122. The number of rotatable bonds is 9. The van der Waals surface area contributed by atoms with Crippen LogP contribution in [0.2, 0.25) is 0 Å². The molecular formula is C26H30FN3O. The monoisotopic (exact) mass is 419 g/mol. The number of carbonyl (C=O) groups is 1. The van der Waals surface area contributed by atoms with Crippen LogP contribution in [0.25, 0.3) is 11.4 Å². The van der Waals surface area contributed by atoms with Crippen LogP contribution in [-0.4, -0.2) is 21.5 Å². The third-order valence-electron chi connectivity index (χ3n) is 6.34. The van der Waals surface area contributed by atoms with E-state index in [1.165, 1.54) is 12.1 Å². The summed E-state index contributed by atoms with van der Waals surface area (Å²) in [6, 6.07) is 15.1. The standard InChI is InChI=1S/C26H30FN3O/c1-3-7-21(8-4-2)29-24(31)15-16-26(19-11-13-20(27)14-12-19)23-10-6-5-9-22(23)25-28-17-18-30(25)26/h5-6,9-14,17-18,21H,3-4,7-8,15-16H2,1-2H3,(H,29,31). The minimum Gasteiger partial charge on any atom is -0.353 e. The fourth-order valence-corrected chi connectivity index (χ4v) is 4.98. The molecule has 2 heterocycles. The van der Waals surface area contributed by atoms with E-state index in [-0.39, 0.29) is 17.8 Å². The fraction of sp³-hybridized carbons (Fsp3) is 0.385. The van der Waals surface area contributed by atoms with Crippen LogP contribution in [0.15, 0.2) is 60.9 Å². The van der Waals surface area contributed by atoms with E-state index in [0.717, 1.165) is 48.2 Å². The maximum absolute atomic E-state index is 13.7. The van der Waals surface area contributed by atoms with E-state index < -0.39 is 5.54 Å². The SMILES string of the molecule is CCCC(CCC)NC(=O)CCC1(c2ccc(F)cc2)c2ccccc2-c2nccn21. The molecule has 2 aromatic carbocycles. The van der Waals surface area contributed by atoms with Crippen molar-refractivity contribution in [2.24, 2.45) is 0 Å². The molecular weight excluding hydrogens is 389 g/mol. The second-order valence-corrected chi connectivity index (χ2v) is 8.38. The van der Waals surface area contributed by atoms with E-state index in [4.69, 9.17) is 0 Å². The Bertz CT molecular complexity index is 1040. The van der Waals surface area contributed by atoms with Crippen LogP contribution in [0.5, 0.6) is 0 Å². The van der Waals surface area contributed by atoms with Crippen molar-refractivity contribution in [1.82, 2.24) is 14.9 Å². The van der Waals surface area contributed by atoms with Gasteiger partial charge in [0.1, 0.15) is 11.6 Å². The number of halogens is 1. The summed E-state index contributed by atoms with van der Waals surface area (Å²) < 4.78 is 15.9. The second kappa shape index (κ2) is 9.04. The zero-order chi connectivity index (χ0) is 21.8. The van der Waals surface area contributed by atoms with Gasteiger partial charge in [0.25, 0.3) is 0 Å². The first-order chi connectivity index (χ1) is 15.1. The molecule has 5 heteroatoms. The van der Waals surface area contributed by atoms with Crippen molar-refractivity contribution in [3.63, 3.8) is 0 Å². The molecule has 1 aromatic heterocycles. The first kappa shape index (κ1) is 21.3. The van der Waals surface area contributed by atoms with Crippen LogP contribution in [-0.2, 0) is 10.3 Å². The van der Waals surface area contributed by atoms with Gasteiger partial charge in [-0.1, -0.05) is 63.1 Å². The van der Waals surface area contributed by atoms with E-state index in [2.05, 4.69) is 40.8 Å². The molecule has 4 nitrogen and oxygen atoms in total. The Hall–Kier alpha value is -2.95. The van der Waals surface area contributed by atoms with Crippen LogP contribution in [0.4, 0.5) is 4.39 Å². The predicted octanol–water partition coefficient (Wildman–Crippen LogP) is 5.66. The molecule has 1 aliphatic heterocycles. The van der Waals surface area contributed by atoms with Crippen molar-refractivity contribution in [3.05, 3.63) is 77.9 Å². The largest absolute Gasteiger partial charge is 0.353 e. The third kappa shape index (κ3) is 3.89. The van der Waals surface area contributed by atoms with Crippen molar-refractivity contribution < 1.29 is 9.18 Å². The molecule has 4 rings (SSSR count). The second-order valence-electron chi connectivity index (χ2n) is 8.38. The molecule has 0 fully saturated rings. The Morgan fingerprint density at radius 3 is 2.52 bits per heavy atom. The highest BCUT2D eigenvalue weighted by Crippen LogP contribution is 2.49. The molecule has 0 radical (unpaired) electrons. The summed E-state index contributed by atoms with van der Waals surface area (Å²) >= 11 is 0. The van der Waals surface area contributed by atoms with E-state index in [1.54, 1.807) is 6.20 Å². The number of aromatic nitrogens is 2. The van der Waals surface area contributed by atoms with Gasteiger partial charge in [0.2, 0.25) is 5.91 Å². The zero-order valence-electron chi connectivity index (χ0n) is 18.3. The van der Waals surface area contributed by atoms with Crippen LogP contribution in [0.3, 0.4) is 0 Å². The van der Waals surface area contributed by atoms with E-state index >= 15 is 0 Å². The van der Waals surface area contributed by atoms with Gasteiger partial charge >= 0.3 is 0 Å². The van der Waals surface area contributed by atoms with E-state index in [9.17, 15) is 9.18 Å². The molecule has 31 heavy (non-hydrogen) atoms. The summed E-state index contributed by atoms with van der Waals surface area (Å²) in [6.07, 6.45) is 8.82. The van der Waals surface area contributed by atoms with Crippen molar-refractivity contribution in [3.8, 4) is 11.4 Å². The summed E-state index contributed by atoms with van der Waals surface area (Å²) in [6.45, 7) is 4.29. The van der Waals surface area contributed by atoms with Gasteiger partial charge in [-0.2, -0.15) is 0 Å².